The fourth-order valence-electron chi connectivity index (χ4n) is 2.68. The number of halogens is 3. The van der Waals surface area contributed by atoms with Crippen LogP contribution in [0.5, 0.6) is 0 Å². The van der Waals surface area contributed by atoms with Crippen LogP contribution >= 0.6 is 24.0 Å². The molecule has 0 aromatic heterocycles. The fraction of sp³-hybridized carbons (Fsp3) is 0.562. The number of nitrogens with one attached hydrogen (secondary N) is 2. The van der Waals surface area contributed by atoms with E-state index in [0.717, 1.165) is 25.1 Å². The first-order valence-electron chi connectivity index (χ1n) is 7.47. The highest BCUT2D eigenvalue weighted by Gasteiger charge is 2.34. The van der Waals surface area contributed by atoms with Crippen LogP contribution in [0.2, 0.25) is 0 Å². The lowest BCUT2D eigenvalue weighted by Gasteiger charge is -2.41. The second kappa shape index (κ2) is 8.64. The summed E-state index contributed by atoms with van der Waals surface area (Å²) in [4.78, 5) is 4.13. The molecule has 0 heterocycles. The number of aliphatic imine (C=N–C) groups is 1. The first-order chi connectivity index (χ1) is 10.1. The highest BCUT2D eigenvalue weighted by atomic mass is 127. The van der Waals surface area contributed by atoms with Crippen molar-refractivity contribution in [1.29, 1.82) is 0 Å². The van der Waals surface area contributed by atoms with Gasteiger partial charge in [-0.15, -0.1) is 24.0 Å². The second-order valence-corrected chi connectivity index (χ2v) is 5.72. The maximum atomic E-state index is 13.6. The van der Waals surface area contributed by atoms with Crippen molar-refractivity contribution in [2.75, 3.05) is 13.6 Å². The van der Waals surface area contributed by atoms with E-state index in [1.807, 2.05) is 0 Å². The van der Waals surface area contributed by atoms with Crippen LogP contribution < -0.4 is 10.6 Å². The molecule has 1 aromatic rings. The Morgan fingerprint density at radius 3 is 2.55 bits per heavy atom. The zero-order valence-electron chi connectivity index (χ0n) is 13.1. The minimum atomic E-state index is -0.435. The molecule has 0 radical (unpaired) electrons. The number of hydrogen-bond acceptors (Lipinski definition) is 1. The Morgan fingerprint density at radius 1 is 1.27 bits per heavy atom. The fourth-order valence-corrected chi connectivity index (χ4v) is 2.68. The predicted molar refractivity (Wildman–Crippen MR) is 96.5 cm³/mol. The van der Waals surface area contributed by atoms with Crippen LogP contribution in [0.15, 0.2) is 23.2 Å². The molecule has 0 saturated heterocycles. The lowest BCUT2D eigenvalue weighted by molar-refractivity contribution is 0.131. The maximum absolute atomic E-state index is 13.6. The van der Waals surface area contributed by atoms with Gasteiger partial charge in [0.05, 0.1) is 0 Å². The zero-order valence-corrected chi connectivity index (χ0v) is 15.4. The monoisotopic (exact) mass is 423 g/mol. The zero-order chi connectivity index (χ0) is 15.3. The number of benzene rings is 1. The third-order valence-electron chi connectivity index (χ3n) is 4.47. The molecule has 3 nitrogen and oxygen atoms in total. The van der Waals surface area contributed by atoms with Crippen molar-refractivity contribution in [3.8, 4) is 0 Å². The molecule has 0 spiro atoms. The molecule has 2 rings (SSSR count). The van der Waals surface area contributed by atoms with E-state index >= 15 is 0 Å². The molecule has 0 aliphatic heterocycles. The van der Waals surface area contributed by atoms with Gasteiger partial charge < -0.3 is 10.6 Å². The SMILES string of the molecule is CCC1(CNC(=NC)NCc2cc(F)ccc2F)CCC1.I. The number of hydrogen-bond donors (Lipinski definition) is 2. The summed E-state index contributed by atoms with van der Waals surface area (Å²) in [6, 6.07) is 3.46. The van der Waals surface area contributed by atoms with E-state index in [-0.39, 0.29) is 30.5 Å². The van der Waals surface area contributed by atoms with E-state index in [1.165, 1.54) is 25.3 Å². The van der Waals surface area contributed by atoms with E-state index in [2.05, 4.69) is 22.5 Å². The summed E-state index contributed by atoms with van der Waals surface area (Å²) in [5, 5.41) is 6.32. The summed E-state index contributed by atoms with van der Waals surface area (Å²) in [7, 11) is 1.68. The van der Waals surface area contributed by atoms with Gasteiger partial charge in [-0.1, -0.05) is 13.3 Å². The number of rotatable bonds is 5. The molecule has 6 heteroatoms. The summed E-state index contributed by atoms with van der Waals surface area (Å²) < 4.78 is 26.7. The molecule has 1 aliphatic carbocycles. The Balaban J connectivity index is 0.00000242. The van der Waals surface area contributed by atoms with Crippen LogP contribution in [0.25, 0.3) is 0 Å². The van der Waals surface area contributed by atoms with Crippen LogP contribution in [-0.2, 0) is 6.54 Å². The average Bonchev–Trinajstić information content (AvgIpc) is 2.44. The maximum Gasteiger partial charge on any atom is 0.191 e. The summed E-state index contributed by atoms with van der Waals surface area (Å²) in [6.45, 7) is 3.29. The van der Waals surface area contributed by atoms with Gasteiger partial charge in [0.25, 0.3) is 0 Å². The molecule has 1 saturated carbocycles. The highest BCUT2D eigenvalue weighted by Crippen LogP contribution is 2.42. The van der Waals surface area contributed by atoms with Gasteiger partial charge in [-0.05, 0) is 42.9 Å². The largest absolute Gasteiger partial charge is 0.356 e. The van der Waals surface area contributed by atoms with Crippen molar-refractivity contribution in [2.24, 2.45) is 10.4 Å². The van der Waals surface area contributed by atoms with Gasteiger partial charge in [0, 0.05) is 25.7 Å². The lowest BCUT2D eigenvalue weighted by Crippen LogP contribution is -2.46. The molecule has 1 aromatic carbocycles. The van der Waals surface area contributed by atoms with Crippen molar-refractivity contribution in [2.45, 2.75) is 39.2 Å². The Bertz CT molecular complexity index is 511. The van der Waals surface area contributed by atoms with Crippen molar-refractivity contribution < 1.29 is 8.78 Å². The number of nitrogens with zero attached hydrogens (tertiary/aromatic N) is 1. The molecule has 0 bridgehead atoms. The van der Waals surface area contributed by atoms with Crippen LogP contribution in [0.1, 0.15) is 38.2 Å². The van der Waals surface area contributed by atoms with Gasteiger partial charge in [-0.3, -0.25) is 4.99 Å². The van der Waals surface area contributed by atoms with Crippen molar-refractivity contribution in [3.05, 3.63) is 35.4 Å². The van der Waals surface area contributed by atoms with E-state index in [4.69, 9.17) is 0 Å². The van der Waals surface area contributed by atoms with Crippen molar-refractivity contribution >= 4 is 29.9 Å². The topological polar surface area (TPSA) is 36.4 Å². The third kappa shape index (κ3) is 4.79. The first-order valence-corrected chi connectivity index (χ1v) is 7.47. The number of guanidine groups is 1. The second-order valence-electron chi connectivity index (χ2n) is 5.72. The summed E-state index contributed by atoms with van der Waals surface area (Å²) in [6.07, 6.45) is 4.92. The van der Waals surface area contributed by atoms with Gasteiger partial charge in [0.1, 0.15) is 11.6 Å². The van der Waals surface area contributed by atoms with Crippen LogP contribution in [0.4, 0.5) is 8.78 Å². The van der Waals surface area contributed by atoms with Gasteiger partial charge in [0.2, 0.25) is 0 Å². The van der Waals surface area contributed by atoms with E-state index in [9.17, 15) is 8.78 Å². The van der Waals surface area contributed by atoms with Crippen molar-refractivity contribution in [1.82, 2.24) is 10.6 Å². The molecule has 0 unspecified atom stereocenters. The molecule has 2 N–H and O–H groups in total. The van der Waals surface area contributed by atoms with E-state index in [0.29, 0.717) is 16.9 Å². The van der Waals surface area contributed by atoms with Crippen LogP contribution in [-0.4, -0.2) is 19.6 Å². The minimum Gasteiger partial charge on any atom is -0.356 e. The van der Waals surface area contributed by atoms with E-state index in [1.54, 1.807) is 7.05 Å². The van der Waals surface area contributed by atoms with E-state index < -0.39 is 11.6 Å². The molecular weight excluding hydrogens is 399 g/mol. The molecule has 1 aliphatic rings. The van der Waals surface area contributed by atoms with Gasteiger partial charge >= 0.3 is 0 Å². The standard InChI is InChI=1S/C16H23F2N3.HI/c1-3-16(7-4-8-16)11-21-15(19-2)20-10-12-9-13(17)5-6-14(12)18;/h5-6,9H,3-4,7-8,10-11H2,1-2H3,(H2,19,20,21);1H. The molecule has 22 heavy (non-hydrogen) atoms. The van der Waals surface area contributed by atoms with Crippen LogP contribution in [0, 0.1) is 17.0 Å². The smallest absolute Gasteiger partial charge is 0.191 e. The summed E-state index contributed by atoms with van der Waals surface area (Å²) in [5.74, 6) is -0.225. The van der Waals surface area contributed by atoms with Gasteiger partial charge in [0.15, 0.2) is 5.96 Å². The molecule has 124 valence electrons. The van der Waals surface area contributed by atoms with Gasteiger partial charge in [-0.2, -0.15) is 0 Å². The summed E-state index contributed by atoms with van der Waals surface area (Å²) >= 11 is 0. The lowest BCUT2D eigenvalue weighted by atomic mass is 9.67. The minimum absolute atomic E-state index is 0. The third-order valence-corrected chi connectivity index (χ3v) is 4.47. The Morgan fingerprint density at radius 2 is 2.00 bits per heavy atom. The quantitative estimate of drug-likeness (QED) is 0.429. The first kappa shape index (κ1) is 19.1. The van der Waals surface area contributed by atoms with Crippen molar-refractivity contribution in [3.63, 3.8) is 0 Å². The summed E-state index contributed by atoms with van der Waals surface area (Å²) in [5.41, 5.74) is 0.675. The Labute approximate surface area is 148 Å². The average molecular weight is 423 g/mol. The highest BCUT2D eigenvalue weighted by molar-refractivity contribution is 14.0. The molecule has 0 atom stereocenters. The molecule has 1 fully saturated rings. The molecule has 0 amide bonds. The Kier molecular flexibility index (Phi) is 7.52. The normalized spacial score (nSPS) is 16.5. The molecular formula is C16H24F2IN3. The van der Waals surface area contributed by atoms with Gasteiger partial charge in [-0.25, -0.2) is 8.78 Å². The predicted octanol–water partition coefficient (Wildman–Crippen LogP) is 3.83. The van der Waals surface area contributed by atoms with Crippen LogP contribution in [0.3, 0.4) is 0 Å². The Hall–Kier alpha value is -0.920.